The molecule has 0 aliphatic rings. The molecule has 0 aliphatic carbocycles. The van der Waals surface area contributed by atoms with E-state index in [0.29, 0.717) is 10.2 Å². The van der Waals surface area contributed by atoms with Gasteiger partial charge in [-0.05, 0) is 52.7 Å². The molecule has 1 N–H and O–H groups in total. The summed E-state index contributed by atoms with van der Waals surface area (Å²) < 4.78 is 35.9. The summed E-state index contributed by atoms with van der Waals surface area (Å²) in [5, 5.41) is 2.49. The first kappa shape index (κ1) is 20.1. The van der Waals surface area contributed by atoms with E-state index in [2.05, 4.69) is 21.2 Å². The predicted molar refractivity (Wildman–Crippen MR) is 97.4 cm³/mol. The summed E-state index contributed by atoms with van der Waals surface area (Å²) in [4.78, 5) is 23.7. The second-order valence-corrected chi connectivity index (χ2v) is 8.40. The normalized spacial score (nSPS) is 11.4. The second-order valence-electron chi connectivity index (χ2n) is 5.50. The van der Waals surface area contributed by atoms with Gasteiger partial charge in [-0.3, -0.25) is 4.79 Å². The number of aryl methyl sites for hydroxylation is 1. The van der Waals surface area contributed by atoms with Crippen LogP contribution < -0.4 is 5.32 Å². The Hall–Kier alpha value is -2.17. The van der Waals surface area contributed by atoms with Gasteiger partial charge in [0.25, 0.3) is 5.91 Å². The summed E-state index contributed by atoms with van der Waals surface area (Å²) >= 11 is 3.06. The third kappa shape index (κ3) is 4.71. The van der Waals surface area contributed by atoms with Crippen molar-refractivity contribution in [3.8, 4) is 0 Å². The number of hydrogen-bond donors (Lipinski definition) is 1. The molecule has 1 amide bonds. The first-order valence-corrected chi connectivity index (χ1v) is 9.60. The van der Waals surface area contributed by atoms with Crippen molar-refractivity contribution in [3.63, 3.8) is 0 Å². The molecule has 0 atom stereocenters. The smallest absolute Gasteiger partial charge is 0.374 e. The van der Waals surface area contributed by atoms with Crippen molar-refractivity contribution in [1.82, 2.24) is 4.31 Å². The SMILES string of the molecule is Cc1ccc(NC(=O)COC(=O)c2ccc(Br)o2)cc1S(=O)(=O)N(C)C. The molecule has 0 saturated heterocycles. The minimum Gasteiger partial charge on any atom is -0.450 e. The molecule has 0 bridgehead atoms. The monoisotopic (exact) mass is 444 g/mol. The van der Waals surface area contributed by atoms with Gasteiger partial charge in [-0.15, -0.1) is 0 Å². The van der Waals surface area contributed by atoms with E-state index in [0.717, 1.165) is 4.31 Å². The van der Waals surface area contributed by atoms with Crippen LogP contribution in [0.3, 0.4) is 0 Å². The zero-order valence-electron chi connectivity index (χ0n) is 14.3. The van der Waals surface area contributed by atoms with Crippen LogP contribution in [0.1, 0.15) is 16.1 Å². The van der Waals surface area contributed by atoms with Crippen LogP contribution in [0.5, 0.6) is 0 Å². The second kappa shape index (κ2) is 8.02. The molecule has 1 heterocycles. The molecule has 1 aromatic carbocycles. The molecule has 0 radical (unpaired) electrons. The fraction of sp³-hybridized carbons (Fsp3) is 0.250. The number of rotatable bonds is 6. The number of furan rings is 1. The van der Waals surface area contributed by atoms with Crippen LogP contribution >= 0.6 is 15.9 Å². The van der Waals surface area contributed by atoms with E-state index in [1.54, 1.807) is 19.1 Å². The lowest BCUT2D eigenvalue weighted by molar-refractivity contribution is -0.119. The van der Waals surface area contributed by atoms with Crippen molar-refractivity contribution < 1.29 is 27.2 Å². The number of ether oxygens (including phenoxy) is 1. The largest absolute Gasteiger partial charge is 0.450 e. The van der Waals surface area contributed by atoms with Gasteiger partial charge in [0.2, 0.25) is 15.8 Å². The topological polar surface area (TPSA) is 106 Å². The number of sulfonamides is 1. The summed E-state index contributed by atoms with van der Waals surface area (Å²) in [6.07, 6.45) is 0. The highest BCUT2D eigenvalue weighted by molar-refractivity contribution is 9.10. The van der Waals surface area contributed by atoms with E-state index in [-0.39, 0.29) is 16.3 Å². The predicted octanol–water partition coefficient (Wildman–Crippen LogP) is 2.40. The lowest BCUT2D eigenvalue weighted by atomic mass is 10.2. The summed E-state index contributed by atoms with van der Waals surface area (Å²) in [7, 11) is -0.799. The van der Waals surface area contributed by atoms with E-state index in [1.807, 2.05) is 0 Å². The Kier molecular flexibility index (Phi) is 6.21. The van der Waals surface area contributed by atoms with Crippen molar-refractivity contribution in [3.05, 3.63) is 46.3 Å². The van der Waals surface area contributed by atoms with E-state index in [1.165, 1.54) is 32.3 Å². The quantitative estimate of drug-likeness (QED) is 0.685. The van der Waals surface area contributed by atoms with Crippen LogP contribution in [0, 0.1) is 6.92 Å². The molecule has 26 heavy (non-hydrogen) atoms. The molecule has 140 valence electrons. The molecule has 8 nitrogen and oxygen atoms in total. The minimum atomic E-state index is -3.65. The highest BCUT2D eigenvalue weighted by Gasteiger charge is 2.20. The lowest BCUT2D eigenvalue weighted by Gasteiger charge is -2.15. The molecule has 0 fully saturated rings. The average Bonchev–Trinajstić information content (AvgIpc) is 3.00. The van der Waals surface area contributed by atoms with Crippen LogP contribution in [0.4, 0.5) is 5.69 Å². The van der Waals surface area contributed by atoms with Crippen molar-refractivity contribution in [2.24, 2.45) is 0 Å². The number of halogens is 1. The Labute approximate surface area is 159 Å². The van der Waals surface area contributed by atoms with Crippen molar-refractivity contribution in [2.45, 2.75) is 11.8 Å². The Morgan fingerprint density at radius 3 is 2.50 bits per heavy atom. The minimum absolute atomic E-state index is 0.0422. The van der Waals surface area contributed by atoms with Gasteiger partial charge in [-0.2, -0.15) is 0 Å². The molecule has 2 aromatic rings. The van der Waals surface area contributed by atoms with Crippen LogP contribution in [0.25, 0.3) is 0 Å². The Balaban J connectivity index is 2.04. The first-order chi connectivity index (χ1) is 12.1. The number of benzene rings is 1. The van der Waals surface area contributed by atoms with Gasteiger partial charge in [-0.25, -0.2) is 17.5 Å². The zero-order valence-corrected chi connectivity index (χ0v) is 16.7. The van der Waals surface area contributed by atoms with E-state index < -0.39 is 28.5 Å². The van der Waals surface area contributed by atoms with Crippen LogP contribution in [-0.4, -0.2) is 45.3 Å². The molecule has 0 spiro atoms. The third-order valence-corrected chi connectivity index (χ3v) is 5.72. The van der Waals surface area contributed by atoms with Crippen LogP contribution in [0.2, 0.25) is 0 Å². The highest BCUT2D eigenvalue weighted by Crippen LogP contribution is 2.22. The lowest BCUT2D eigenvalue weighted by Crippen LogP contribution is -2.24. The summed E-state index contributed by atoms with van der Waals surface area (Å²) in [6.45, 7) is 1.12. The fourth-order valence-electron chi connectivity index (χ4n) is 1.98. The Bertz CT molecular complexity index is 936. The van der Waals surface area contributed by atoms with Gasteiger partial charge in [0, 0.05) is 19.8 Å². The van der Waals surface area contributed by atoms with Gasteiger partial charge in [0.1, 0.15) is 0 Å². The number of hydrogen-bond acceptors (Lipinski definition) is 6. The Morgan fingerprint density at radius 2 is 1.92 bits per heavy atom. The van der Waals surface area contributed by atoms with Crippen molar-refractivity contribution >= 4 is 43.5 Å². The van der Waals surface area contributed by atoms with Gasteiger partial charge in [0.15, 0.2) is 11.3 Å². The first-order valence-electron chi connectivity index (χ1n) is 7.37. The van der Waals surface area contributed by atoms with E-state index in [4.69, 9.17) is 9.15 Å². The summed E-state index contributed by atoms with van der Waals surface area (Å²) in [5.74, 6) is -1.44. The van der Waals surface area contributed by atoms with E-state index >= 15 is 0 Å². The highest BCUT2D eigenvalue weighted by atomic mass is 79.9. The molecular weight excluding hydrogens is 428 g/mol. The maximum absolute atomic E-state index is 12.3. The summed E-state index contributed by atoms with van der Waals surface area (Å²) in [6, 6.07) is 7.43. The molecule has 10 heteroatoms. The Morgan fingerprint density at radius 1 is 1.23 bits per heavy atom. The molecule has 1 aromatic heterocycles. The molecule has 0 unspecified atom stereocenters. The number of carbonyl (C=O) groups excluding carboxylic acids is 2. The number of nitrogens with zero attached hydrogens (tertiary/aromatic N) is 1. The number of amides is 1. The molecule has 0 saturated carbocycles. The maximum Gasteiger partial charge on any atom is 0.374 e. The van der Waals surface area contributed by atoms with Crippen LogP contribution in [0.15, 0.2) is 44.3 Å². The molecule has 0 aliphatic heterocycles. The van der Waals surface area contributed by atoms with Gasteiger partial charge in [-0.1, -0.05) is 6.07 Å². The molecule has 2 rings (SSSR count). The standard InChI is InChI=1S/C16H17BrN2O6S/c1-10-4-5-11(8-13(10)26(22,23)19(2)3)18-15(20)9-24-16(21)12-6-7-14(17)25-12/h4-8H,9H2,1-3H3,(H,18,20). The maximum atomic E-state index is 12.3. The summed E-state index contributed by atoms with van der Waals surface area (Å²) in [5.41, 5.74) is 0.823. The van der Waals surface area contributed by atoms with Gasteiger partial charge < -0.3 is 14.5 Å². The van der Waals surface area contributed by atoms with Gasteiger partial charge >= 0.3 is 5.97 Å². The third-order valence-electron chi connectivity index (χ3n) is 3.34. The van der Waals surface area contributed by atoms with Crippen molar-refractivity contribution in [2.75, 3.05) is 26.0 Å². The van der Waals surface area contributed by atoms with Crippen LogP contribution in [-0.2, 0) is 19.6 Å². The van der Waals surface area contributed by atoms with Crippen molar-refractivity contribution in [1.29, 1.82) is 0 Å². The zero-order chi connectivity index (χ0) is 19.5. The number of carbonyl (C=O) groups is 2. The molecular formula is C16H17BrN2O6S. The van der Waals surface area contributed by atoms with Gasteiger partial charge in [0.05, 0.1) is 4.90 Å². The number of nitrogens with one attached hydrogen (secondary N) is 1. The number of anilines is 1. The number of esters is 1. The fourth-order valence-corrected chi connectivity index (χ4v) is 3.43. The average molecular weight is 445 g/mol. The van der Waals surface area contributed by atoms with E-state index in [9.17, 15) is 18.0 Å².